The second-order valence-corrected chi connectivity index (χ2v) is 10.1. The maximum absolute atomic E-state index is 11.6. The van der Waals surface area contributed by atoms with Crippen LogP contribution in [0.4, 0.5) is 5.69 Å². The van der Waals surface area contributed by atoms with E-state index in [1.165, 1.54) is 5.56 Å². The van der Waals surface area contributed by atoms with Gasteiger partial charge in [-0.15, -0.1) is 0 Å². The summed E-state index contributed by atoms with van der Waals surface area (Å²) in [6.07, 6.45) is 4.33. The van der Waals surface area contributed by atoms with Gasteiger partial charge in [-0.05, 0) is 43.0 Å². The zero-order valence-electron chi connectivity index (χ0n) is 17.1. The molecule has 1 fully saturated rings. The van der Waals surface area contributed by atoms with E-state index in [2.05, 4.69) is 39.1 Å². The molecule has 30 heavy (non-hydrogen) atoms. The summed E-state index contributed by atoms with van der Waals surface area (Å²) in [5, 5.41) is 3.35. The normalized spacial score (nSPS) is 20.9. The van der Waals surface area contributed by atoms with E-state index in [9.17, 15) is 13.3 Å². The van der Waals surface area contributed by atoms with Crippen molar-refractivity contribution < 1.29 is 13.2 Å². The van der Waals surface area contributed by atoms with Gasteiger partial charge in [0.25, 0.3) is 0 Å². The van der Waals surface area contributed by atoms with Gasteiger partial charge in [0.05, 0.1) is 6.26 Å². The molecule has 2 heterocycles. The molecule has 2 aliphatic rings. The van der Waals surface area contributed by atoms with Gasteiger partial charge < -0.3 is 9.64 Å². The van der Waals surface area contributed by atoms with Crippen LogP contribution in [0, 0.1) is 4.91 Å². The van der Waals surface area contributed by atoms with E-state index in [1.807, 2.05) is 6.07 Å². The Morgan fingerprint density at radius 1 is 1.17 bits per heavy atom. The number of rotatable bonds is 6. The van der Waals surface area contributed by atoms with Crippen molar-refractivity contribution in [1.82, 2.24) is 4.90 Å². The third-order valence-corrected chi connectivity index (χ3v) is 6.62. The molecule has 1 unspecified atom stereocenters. The Balaban J connectivity index is 1.42. The summed E-state index contributed by atoms with van der Waals surface area (Å²) in [6, 6.07) is 15.0. The Bertz CT molecular complexity index is 1000. The molecular formula is C22H27N3O4S. The average molecular weight is 430 g/mol. The summed E-state index contributed by atoms with van der Waals surface area (Å²) in [6.45, 7) is 2.84. The highest BCUT2D eigenvalue weighted by Crippen LogP contribution is 2.46. The fraction of sp³-hybridized carbons (Fsp3) is 0.455. The molecule has 4 rings (SSSR count). The Kier molecular flexibility index (Phi) is 5.79. The Labute approximate surface area is 177 Å². The van der Waals surface area contributed by atoms with Crippen molar-refractivity contribution in [1.29, 1.82) is 0 Å². The van der Waals surface area contributed by atoms with Crippen LogP contribution in [0.3, 0.4) is 0 Å². The van der Waals surface area contributed by atoms with Crippen molar-refractivity contribution in [3.63, 3.8) is 0 Å². The molecule has 7 nitrogen and oxygen atoms in total. The molecule has 160 valence electrons. The van der Waals surface area contributed by atoms with Crippen LogP contribution in [0.1, 0.15) is 36.4 Å². The van der Waals surface area contributed by atoms with Crippen LogP contribution in [0.15, 0.2) is 53.7 Å². The molecule has 1 atom stereocenters. The van der Waals surface area contributed by atoms with Crippen LogP contribution in [-0.2, 0) is 16.4 Å². The van der Waals surface area contributed by atoms with Gasteiger partial charge in [-0.3, -0.25) is 4.72 Å². The van der Waals surface area contributed by atoms with E-state index in [1.54, 1.807) is 18.2 Å². The lowest BCUT2D eigenvalue weighted by atomic mass is 9.80. The van der Waals surface area contributed by atoms with Gasteiger partial charge in [-0.1, -0.05) is 35.5 Å². The molecule has 0 bridgehead atoms. The largest absolute Gasteiger partial charge is 0.487 e. The second kappa shape index (κ2) is 8.35. The molecule has 8 heteroatoms. The van der Waals surface area contributed by atoms with Crippen molar-refractivity contribution in [3.8, 4) is 5.75 Å². The minimum atomic E-state index is -3.39. The van der Waals surface area contributed by atoms with Crippen molar-refractivity contribution in [2.24, 2.45) is 5.18 Å². The fourth-order valence-corrected chi connectivity index (χ4v) is 4.99. The van der Waals surface area contributed by atoms with Gasteiger partial charge in [0.2, 0.25) is 10.0 Å². The van der Waals surface area contributed by atoms with Gasteiger partial charge >= 0.3 is 0 Å². The number of hydrogen-bond acceptors (Lipinski definition) is 6. The summed E-state index contributed by atoms with van der Waals surface area (Å²) in [7, 11) is -3.39. The molecule has 0 amide bonds. The maximum atomic E-state index is 11.6. The van der Waals surface area contributed by atoms with Crippen LogP contribution < -0.4 is 9.46 Å². The number of hydrogen-bond donors (Lipinski definition) is 1. The smallest absolute Gasteiger partial charge is 0.229 e. The molecule has 2 aromatic rings. The molecule has 1 N–H and O–H groups in total. The van der Waals surface area contributed by atoms with Gasteiger partial charge in [0.15, 0.2) is 0 Å². The SMILES string of the molecule is CS(=O)(=O)Nc1ccc2c(c1)C(N=O)CC1(CCN(CCc3ccccc3)CC1)O2. The third kappa shape index (κ3) is 4.82. The topological polar surface area (TPSA) is 88.1 Å². The van der Waals surface area contributed by atoms with Crippen molar-refractivity contribution >= 4 is 15.7 Å². The Morgan fingerprint density at radius 3 is 2.57 bits per heavy atom. The van der Waals surface area contributed by atoms with E-state index in [4.69, 9.17) is 4.74 Å². The monoisotopic (exact) mass is 429 g/mol. The fourth-order valence-electron chi connectivity index (χ4n) is 4.43. The van der Waals surface area contributed by atoms with Crippen LogP contribution in [-0.4, -0.2) is 44.8 Å². The van der Waals surface area contributed by atoms with Crippen molar-refractivity contribution in [2.45, 2.75) is 37.3 Å². The molecule has 0 aromatic heterocycles. The zero-order valence-corrected chi connectivity index (χ0v) is 17.9. The highest BCUT2D eigenvalue weighted by Gasteiger charge is 2.44. The number of likely N-dealkylation sites (tertiary alicyclic amines) is 1. The summed E-state index contributed by atoms with van der Waals surface area (Å²) in [4.78, 5) is 14.1. The molecule has 1 saturated heterocycles. The van der Waals surface area contributed by atoms with Crippen LogP contribution in [0.25, 0.3) is 0 Å². The number of fused-ring (bicyclic) bond motifs is 1. The maximum Gasteiger partial charge on any atom is 0.229 e. The lowest BCUT2D eigenvalue weighted by Gasteiger charge is -2.45. The Morgan fingerprint density at radius 2 is 1.90 bits per heavy atom. The number of benzene rings is 2. The predicted octanol–water partition coefficient (Wildman–Crippen LogP) is 3.73. The van der Waals surface area contributed by atoms with E-state index in [0.29, 0.717) is 23.4 Å². The van der Waals surface area contributed by atoms with Gasteiger partial charge in [-0.25, -0.2) is 8.42 Å². The molecule has 0 radical (unpaired) electrons. The highest BCUT2D eigenvalue weighted by molar-refractivity contribution is 7.92. The van der Waals surface area contributed by atoms with E-state index in [0.717, 1.165) is 45.2 Å². The first-order valence-corrected chi connectivity index (χ1v) is 12.1. The van der Waals surface area contributed by atoms with Crippen molar-refractivity contribution in [2.75, 3.05) is 30.6 Å². The summed E-state index contributed by atoms with van der Waals surface area (Å²) in [5.74, 6) is 0.627. The lowest BCUT2D eigenvalue weighted by molar-refractivity contribution is -0.0212. The number of sulfonamides is 1. The van der Waals surface area contributed by atoms with Gasteiger partial charge in [0, 0.05) is 37.3 Å². The molecule has 2 aromatic carbocycles. The second-order valence-electron chi connectivity index (χ2n) is 8.31. The lowest BCUT2D eigenvalue weighted by Crippen LogP contribution is -2.50. The molecular weight excluding hydrogens is 402 g/mol. The number of ether oxygens (including phenoxy) is 1. The summed E-state index contributed by atoms with van der Waals surface area (Å²) in [5.41, 5.74) is 2.01. The van der Waals surface area contributed by atoms with Crippen molar-refractivity contribution in [3.05, 3.63) is 64.6 Å². The molecule has 2 aliphatic heterocycles. The van der Waals surface area contributed by atoms with Crippen LogP contribution >= 0.6 is 0 Å². The number of nitroso groups, excluding NO2 is 1. The average Bonchev–Trinajstić information content (AvgIpc) is 2.73. The van der Waals surface area contributed by atoms with Crippen LogP contribution in [0.5, 0.6) is 5.75 Å². The number of nitrogens with zero attached hydrogens (tertiary/aromatic N) is 2. The number of nitrogens with one attached hydrogen (secondary N) is 1. The summed E-state index contributed by atoms with van der Waals surface area (Å²) < 4.78 is 31.8. The Hall–Kier alpha value is -2.45. The quantitative estimate of drug-likeness (QED) is 0.707. The number of anilines is 1. The van der Waals surface area contributed by atoms with Gasteiger partial charge in [-0.2, -0.15) is 4.91 Å². The van der Waals surface area contributed by atoms with E-state index >= 15 is 0 Å². The van der Waals surface area contributed by atoms with Gasteiger partial charge in [0.1, 0.15) is 17.4 Å². The first-order chi connectivity index (χ1) is 14.4. The predicted molar refractivity (Wildman–Crippen MR) is 117 cm³/mol. The molecule has 0 saturated carbocycles. The first kappa shape index (κ1) is 20.8. The van der Waals surface area contributed by atoms with E-state index < -0.39 is 16.1 Å². The first-order valence-electron chi connectivity index (χ1n) is 10.3. The summed E-state index contributed by atoms with van der Waals surface area (Å²) >= 11 is 0. The molecule has 1 spiro atoms. The van der Waals surface area contributed by atoms with Crippen LogP contribution in [0.2, 0.25) is 0 Å². The molecule has 0 aliphatic carbocycles. The minimum Gasteiger partial charge on any atom is -0.487 e. The number of piperidine rings is 1. The minimum absolute atomic E-state index is 0.388. The standard InChI is InChI=1S/C22H27N3O4S/c1-30(27,28)24-18-7-8-21-19(15-18)20(23-26)16-22(29-21)10-13-25(14-11-22)12-9-17-5-3-2-4-6-17/h2-8,15,20,24H,9-14,16H2,1H3. The van der Waals surface area contributed by atoms with E-state index in [-0.39, 0.29) is 5.60 Å². The highest BCUT2D eigenvalue weighted by atomic mass is 32.2. The third-order valence-electron chi connectivity index (χ3n) is 6.02. The zero-order chi connectivity index (χ0) is 21.2.